The third kappa shape index (κ3) is 2.26. The van der Waals surface area contributed by atoms with Gasteiger partial charge in [-0.3, -0.25) is 4.57 Å². The van der Waals surface area contributed by atoms with Crippen LogP contribution in [0.15, 0.2) is 24.3 Å². The largest absolute Gasteiger partial charge is 0.497 e. The van der Waals surface area contributed by atoms with Gasteiger partial charge in [-0.15, -0.1) is 10.2 Å². The molecule has 0 N–H and O–H groups in total. The summed E-state index contributed by atoms with van der Waals surface area (Å²) in [6.07, 6.45) is 0. The highest BCUT2D eigenvalue weighted by molar-refractivity contribution is 6.28. The highest BCUT2D eigenvalue weighted by Gasteiger charge is 2.14. The lowest BCUT2D eigenvalue weighted by Gasteiger charge is -2.10. The van der Waals surface area contributed by atoms with Gasteiger partial charge in [0.15, 0.2) is 0 Å². The van der Waals surface area contributed by atoms with Crippen molar-refractivity contribution in [3.63, 3.8) is 0 Å². The molecular weight excluding hydrogens is 238 g/mol. The minimum absolute atomic E-state index is 0.261. The van der Waals surface area contributed by atoms with Gasteiger partial charge in [-0.2, -0.15) is 0 Å². The molecule has 2 aromatic rings. The van der Waals surface area contributed by atoms with E-state index < -0.39 is 0 Å². The fraction of sp³-hybridized carbons (Fsp3) is 0.333. The predicted molar refractivity (Wildman–Crippen MR) is 67.0 cm³/mol. The first-order valence-electron chi connectivity index (χ1n) is 5.38. The molecule has 0 aliphatic heterocycles. The molecule has 17 heavy (non-hydrogen) atoms. The Morgan fingerprint density at radius 1 is 1.18 bits per heavy atom. The van der Waals surface area contributed by atoms with Crippen molar-refractivity contribution in [2.24, 2.45) is 0 Å². The van der Waals surface area contributed by atoms with Gasteiger partial charge in [0.1, 0.15) is 11.6 Å². The van der Waals surface area contributed by atoms with Gasteiger partial charge in [-0.1, -0.05) is 13.8 Å². The molecule has 0 spiro atoms. The van der Waals surface area contributed by atoms with E-state index >= 15 is 0 Å². The molecule has 1 aromatic carbocycles. The van der Waals surface area contributed by atoms with Crippen molar-refractivity contribution >= 4 is 11.6 Å². The van der Waals surface area contributed by atoms with E-state index in [0.29, 0.717) is 5.28 Å². The summed E-state index contributed by atoms with van der Waals surface area (Å²) in [6, 6.07) is 7.63. The van der Waals surface area contributed by atoms with E-state index in [1.165, 1.54) is 0 Å². The Balaban J connectivity index is 2.48. The summed E-state index contributed by atoms with van der Waals surface area (Å²) in [5.74, 6) is 1.92. The highest BCUT2D eigenvalue weighted by atomic mass is 35.5. The van der Waals surface area contributed by atoms with Crippen molar-refractivity contribution in [2.75, 3.05) is 7.11 Å². The van der Waals surface area contributed by atoms with Crippen molar-refractivity contribution in [3.05, 3.63) is 35.4 Å². The second kappa shape index (κ2) is 4.75. The maximum absolute atomic E-state index is 6.06. The van der Waals surface area contributed by atoms with E-state index in [9.17, 15) is 0 Å². The van der Waals surface area contributed by atoms with E-state index in [1.54, 1.807) is 7.11 Å². The summed E-state index contributed by atoms with van der Waals surface area (Å²) in [5, 5.41) is 8.36. The van der Waals surface area contributed by atoms with Crippen molar-refractivity contribution in [2.45, 2.75) is 19.8 Å². The minimum atomic E-state index is 0.261. The summed E-state index contributed by atoms with van der Waals surface area (Å²) < 4.78 is 6.96. The molecule has 1 heterocycles. The monoisotopic (exact) mass is 251 g/mol. The second-order valence-corrected chi connectivity index (χ2v) is 4.35. The van der Waals surface area contributed by atoms with Gasteiger partial charge >= 0.3 is 0 Å². The van der Waals surface area contributed by atoms with Gasteiger partial charge in [0, 0.05) is 5.92 Å². The molecular formula is C12H14ClN3O. The Morgan fingerprint density at radius 2 is 1.82 bits per heavy atom. The molecule has 0 aliphatic carbocycles. The average molecular weight is 252 g/mol. The van der Waals surface area contributed by atoms with Crippen LogP contribution in [0.1, 0.15) is 25.6 Å². The van der Waals surface area contributed by atoms with Gasteiger partial charge in [0.05, 0.1) is 12.8 Å². The number of rotatable bonds is 3. The van der Waals surface area contributed by atoms with Crippen molar-refractivity contribution in [1.82, 2.24) is 14.8 Å². The van der Waals surface area contributed by atoms with Crippen LogP contribution in [0.3, 0.4) is 0 Å². The smallest absolute Gasteiger partial charge is 0.229 e. The molecule has 0 saturated heterocycles. The van der Waals surface area contributed by atoms with Crippen molar-refractivity contribution in [1.29, 1.82) is 0 Å². The first-order valence-corrected chi connectivity index (χ1v) is 5.76. The number of methoxy groups -OCH3 is 1. The predicted octanol–water partition coefficient (Wildman–Crippen LogP) is 3.05. The molecule has 0 unspecified atom stereocenters. The van der Waals surface area contributed by atoms with E-state index in [-0.39, 0.29) is 5.92 Å². The number of hydrogen-bond acceptors (Lipinski definition) is 3. The van der Waals surface area contributed by atoms with E-state index in [1.807, 2.05) is 28.8 Å². The number of nitrogens with zero attached hydrogens (tertiary/aromatic N) is 3. The fourth-order valence-corrected chi connectivity index (χ4v) is 1.84. The maximum Gasteiger partial charge on any atom is 0.229 e. The third-order valence-electron chi connectivity index (χ3n) is 2.50. The van der Waals surface area contributed by atoms with Crippen molar-refractivity contribution < 1.29 is 4.74 Å². The Hall–Kier alpha value is -1.55. The standard InChI is InChI=1S/C12H14ClN3O/c1-8(2)11-14-15-12(13)16(11)9-4-6-10(17-3)7-5-9/h4-8H,1-3H3. The average Bonchev–Trinajstić information content (AvgIpc) is 2.71. The molecule has 90 valence electrons. The van der Waals surface area contributed by atoms with Gasteiger partial charge in [-0.25, -0.2) is 0 Å². The van der Waals surface area contributed by atoms with Gasteiger partial charge in [-0.05, 0) is 35.9 Å². The van der Waals surface area contributed by atoms with Crippen LogP contribution in [0.4, 0.5) is 0 Å². The van der Waals surface area contributed by atoms with Gasteiger partial charge in [0.25, 0.3) is 0 Å². The Morgan fingerprint density at radius 3 is 2.35 bits per heavy atom. The van der Waals surface area contributed by atoms with E-state index in [0.717, 1.165) is 17.3 Å². The summed E-state index contributed by atoms with van der Waals surface area (Å²) in [5.41, 5.74) is 0.935. The van der Waals surface area contributed by atoms with Crippen LogP contribution in [-0.2, 0) is 0 Å². The van der Waals surface area contributed by atoms with Crippen LogP contribution >= 0.6 is 11.6 Å². The zero-order valence-electron chi connectivity index (χ0n) is 10.0. The van der Waals surface area contributed by atoms with Crippen LogP contribution in [0.25, 0.3) is 5.69 Å². The normalized spacial score (nSPS) is 10.9. The number of benzene rings is 1. The lowest BCUT2D eigenvalue weighted by atomic mass is 10.2. The molecule has 0 bridgehead atoms. The first-order chi connectivity index (χ1) is 8.13. The SMILES string of the molecule is COc1ccc(-n2c(Cl)nnc2C(C)C)cc1. The summed E-state index contributed by atoms with van der Waals surface area (Å²) >= 11 is 6.06. The number of ether oxygens (including phenoxy) is 1. The molecule has 0 saturated carbocycles. The zero-order chi connectivity index (χ0) is 12.4. The quantitative estimate of drug-likeness (QED) is 0.842. The van der Waals surface area contributed by atoms with Crippen LogP contribution < -0.4 is 4.74 Å². The number of aromatic nitrogens is 3. The third-order valence-corrected chi connectivity index (χ3v) is 2.74. The van der Waals surface area contributed by atoms with Gasteiger partial charge < -0.3 is 4.74 Å². The summed E-state index contributed by atoms with van der Waals surface area (Å²) in [4.78, 5) is 0. The molecule has 0 amide bonds. The van der Waals surface area contributed by atoms with Crippen molar-refractivity contribution in [3.8, 4) is 11.4 Å². The van der Waals surface area contributed by atoms with Crippen LogP contribution in [-0.4, -0.2) is 21.9 Å². The Kier molecular flexibility index (Phi) is 3.33. The second-order valence-electron chi connectivity index (χ2n) is 4.02. The molecule has 0 radical (unpaired) electrons. The molecule has 5 heteroatoms. The Labute approximate surface area is 105 Å². The molecule has 0 aliphatic rings. The highest BCUT2D eigenvalue weighted by Crippen LogP contribution is 2.23. The van der Waals surface area contributed by atoms with Gasteiger partial charge in [0.2, 0.25) is 5.28 Å². The Bertz CT molecular complexity index is 505. The molecule has 0 atom stereocenters. The van der Waals surface area contributed by atoms with Crippen LogP contribution in [0.5, 0.6) is 5.75 Å². The topological polar surface area (TPSA) is 39.9 Å². The number of halogens is 1. The summed E-state index contributed by atoms with van der Waals surface area (Å²) in [7, 11) is 1.64. The molecule has 1 aromatic heterocycles. The van der Waals surface area contributed by atoms with E-state index in [2.05, 4.69) is 24.0 Å². The maximum atomic E-state index is 6.06. The fourth-order valence-electron chi connectivity index (χ4n) is 1.62. The molecule has 0 fully saturated rings. The van der Waals surface area contributed by atoms with Crippen LogP contribution in [0, 0.1) is 0 Å². The zero-order valence-corrected chi connectivity index (χ0v) is 10.8. The number of hydrogen-bond donors (Lipinski definition) is 0. The lowest BCUT2D eigenvalue weighted by Crippen LogP contribution is -2.03. The molecule has 4 nitrogen and oxygen atoms in total. The lowest BCUT2D eigenvalue weighted by molar-refractivity contribution is 0.414. The molecule has 2 rings (SSSR count). The minimum Gasteiger partial charge on any atom is -0.497 e. The first kappa shape index (κ1) is 11.9. The van der Waals surface area contributed by atoms with Crippen LogP contribution in [0.2, 0.25) is 5.28 Å². The van der Waals surface area contributed by atoms with E-state index in [4.69, 9.17) is 16.3 Å². The summed E-state index contributed by atoms with van der Waals surface area (Å²) in [6.45, 7) is 4.11.